The van der Waals surface area contributed by atoms with Crippen LogP contribution in [0.25, 0.3) is 21.7 Å². The summed E-state index contributed by atoms with van der Waals surface area (Å²) in [5.74, 6) is -0.100. The highest BCUT2D eigenvalue weighted by Gasteiger charge is 2.22. The number of piperazine rings is 1. The van der Waals surface area contributed by atoms with Gasteiger partial charge in [0.1, 0.15) is 12.1 Å². The van der Waals surface area contributed by atoms with Gasteiger partial charge in [-0.25, -0.2) is 4.68 Å². The average Bonchev–Trinajstić information content (AvgIpc) is 2.82. The van der Waals surface area contributed by atoms with Gasteiger partial charge in [0.15, 0.2) is 0 Å². The summed E-state index contributed by atoms with van der Waals surface area (Å²) >= 11 is 0. The second-order valence-electron chi connectivity index (χ2n) is 7.86. The number of fused-ring (bicyclic) bond motifs is 2. The van der Waals surface area contributed by atoms with E-state index in [-0.39, 0.29) is 18.0 Å². The van der Waals surface area contributed by atoms with Gasteiger partial charge in [-0.2, -0.15) is 0 Å². The molecule has 7 heteroatoms. The molecule has 0 aliphatic carbocycles. The van der Waals surface area contributed by atoms with Gasteiger partial charge in [0.05, 0.1) is 5.39 Å². The van der Waals surface area contributed by atoms with Crippen molar-refractivity contribution in [1.82, 2.24) is 24.8 Å². The van der Waals surface area contributed by atoms with Crippen LogP contribution in [0.1, 0.15) is 5.56 Å². The van der Waals surface area contributed by atoms with Crippen molar-refractivity contribution in [2.75, 3.05) is 26.2 Å². The number of rotatable bonds is 4. The Kier molecular flexibility index (Phi) is 5.18. The predicted molar refractivity (Wildman–Crippen MR) is 120 cm³/mol. The number of amides is 1. The molecule has 31 heavy (non-hydrogen) atoms. The van der Waals surface area contributed by atoms with Crippen LogP contribution in [-0.2, 0) is 17.9 Å². The number of hydrogen-bond acceptors (Lipinski definition) is 5. The largest absolute Gasteiger partial charge is 0.339 e. The molecular formula is C24H23N5O2. The lowest BCUT2D eigenvalue weighted by Gasteiger charge is -2.35. The Labute approximate surface area is 179 Å². The molecule has 5 rings (SSSR count). The summed E-state index contributed by atoms with van der Waals surface area (Å²) in [6, 6.07) is 21.9. The average molecular weight is 413 g/mol. The summed E-state index contributed by atoms with van der Waals surface area (Å²) in [5.41, 5.74) is 1.56. The normalized spacial score (nSPS) is 14.9. The summed E-state index contributed by atoms with van der Waals surface area (Å²) in [7, 11) is 0. The molecule has 0 unspecified atom stereocenters. The van der Waals surface area contributed by atoms with Gasteiger partial charge in [-0.15, -0.1) is 5.10 Å². The molecule has 0 radical (unpaired) electrons. The van der Waals surface area contributed by atoms with E-state index in [0.717, 1.165) is 24.3 Å². The molecule has 1 saturated heterocycles. The van der Waals surface area contributed by atoms with Crippen LogP contribution in [0.4, 0.5) is 0 Å². The van der Waals surface area contributed by atoms with Crippen molar-refractivity contribution in [3.63, 3.8) is 0 Å². The highest BCUT2D eigenvalue weighted by atomic mass is 16.2. The first-order valence-electron chi connectivity index (χ1n) is 10.5. The van der Waals surface area contributed by atoms with Gasteiger partial charge in [0.25, 0.3) is 5.56 Å². The summed E-state index contributed by atoms with van der Waals surface area (Å²) in [4.78, 5) is 29.5. The van der Waals surface area contributed by atoms with E-state index in [1.807, 2.05) is 11.0 Å². The molecule has 0 saturated carbocycles. The quantitative estimate of drug-likeness (QED) is 0.513. The van der Waals surface area contributed by atoms with E-state index >= 15 is 0 Å². The number of aromatic nitrogens is 3. The van der Waals surface area contributed by atoms with Gasteiger partial charge in [-0.1, -0.05) is 59.8 Å². The molecule has 0 bridgehead atoms. The fourth-order valence-corrected chi connectivity index (χ4v) is 4.18. The Hall–Kier alpha value is -3.58. The second-order valence-corrected chi connectivity index (χ2v) is 7.86. The van der Waals surface area contributed by atoms with Crippen molar-refractivity contribution >= 4 is 27.6 Å². The van der Waals surface area contributed by atoms with Crippen molar-refractivity contribution < 1.29 is 4.79 Å². The van der Waals surface area contributed by atoms with E-state index in [4.69, 9.17) is 0 Å². The Balaban J connectivity index is 1.23. The maximum absolute atomic E-state index is 12.8. The van der Waals surface area contributed by atoms with E-state index in [1.54, 1.807) is 18.2 Å². The molecule has 0 spiro atoms. The molecule has 4 aromatic rings. The molecule has 1 amide bonds. The minimum atomic E-state index is -0.284. The van der Waals surface area contributed by atoms with Gasteiger partial charge in [0.2, 0.25) is 5.91 Å². The maximum Gasteiger partial charge on any atom is 0.278 e. The summed E-state index contributed by atoms with van der Waals surface area (Å²) < 4.78 is 1.16. The lowest BCUT2D eigenvalue weighted by Crippen LogP contribution is -2.49. The summed E-state index contributed by atoms with van der Waals surface area (Å²) in [6.45, 7) is 3.65. The molecule has 3 aromatic carbocycles. The second kappa shape index (κ2) is 8.28. The van der Waals surface area contributed by atoms with Gasteiger partial charge in [0, 0.05) is 32.7 Å². The molecule has 2 heterocycles. The topological polar surface area (TPSA) is 71.3 Å². The fraction of sp³-hybridized carbons (Fsp3) is 0.250. The van der Waals surface area contributed by atoms with Crippen LogP contribution in [0.3, 0.4) is 0 Å². The zero-order valence-electron chi connectivity index (χ0n) is 17.1. The number of hydrogen-bond donors (Lipinski definition) is 0. The van der Waals surface area contributed by atoms with Crippen LogP contribution in [0.2, 0.25) is 0 Å². The van der Waals surface area contributed by atoms with Crippen LogP contribution in [0.15, 0.2) is 71.5 Å². The van der Waals surface area contributed by atoms with Crippen LogP contribution >= 0.6 is 0 Å². The monoisotopic (exact) mass is 413 g/mol. The highest BCUT2D eigenvalue weighted by Crippen LogP contribution is 2.20. The molecule has 1 aliphatic rings. The number of carbonyl (C=O) groups is 1. The van der Waals surface area contributed by atoms with Crippen molar-refractivity contribution in [3.8, 4) is 0 Å². The lowest BCUT2D eigenvalue weighted by molar-refractivity contribution is -0.134. The Bertz CT molecular complexity index is 1300. The fourth-order valence-electron chi connectivity index (χ4n) is 4.18. The maximum atomic E-state index is 12.8. The lowest BCUT2D eigenvalue weighted by atomic mass is 10.0. The first kappa shape index (κ1) is 19.4. The van der Waals surface area contributed by atoms with Crippen LogP contribution in [0, 0.1) is 0 Å². The Morgan fingerprint density at radius 3 is 2.39 bits per heavy atom. The highest BCUT2D eigenvalue weighted by molar-refractivity contribution is 5.85. The molecule has 0 atom stereocenters. The first-order valence-corrected chi connectivity index (χ1v) is 10.5. The zero-order chi connectivity index (χ0) is 21.2. The molecular weight excluding hydrogens is 390 g/mol. The van der Waals surface area contributed by atoms with E-state index < -0.39 is 0 Å². The number of nitrogens with zero attached hydrogens (tertiary/aromatic N) is 5. The van der Waals surface area contributed by atoms with Crippen LogP contribution < -0.4 is 5.56 Å². The Morgan fingerprint density at radius 1 is 0.839 bits per heavy atom. The van der Waals surface area contributed by atoms with Gasteiger partial charge >= 0.3 is 0 Å². The Morgan fingerprint density at radius 2 is 1.55 bits per heavy atom. The third-order valence-electron chi connectivity index (χ3n) is 5.91. The predicted octanol–water partition coefficient (Wildman–Crippen LogP) is 2.29. The van der Waals surface area contributed by atoms with Crippen molar-refractivity contribution in [1.29, 1.82) is 0 Å². The minimum absolute atomic E-state index is 0.0833. The van der Waals surface area contributed by atoms with Gasteiger partial charge in [-0.05, 0) is 28.5 Å². The number of benzene rings is 3. The zero-order valence-corrected chi connectivity index (χ0v) is 17.1. The molecule has 7 nitrogen and oxygen atoms in total. The van der Waals surface area contributed by atoms with Crippen LogP contribution in [-0.4, -0.2) is 56.9 Å². The molecule has 1 aliphatic heterocycles. The minimum Gasteiger partial charge on any atom is -0.339 e. The van der Waals surface area contributed by atoms with Gasteiger partial charge in [-0.3, -0.25) is 14.5 Å². The standard InChI is InChI=1S/C24H23N5O2/c30-23(17-29-24(31)21-10-3-4-11-22(21)25-26-29)28-14-12-27(13-15-28)16-19-8-5-7-18-6-1-2-9-20(18)19/h1-11H,12-17H2. The summed E-state index contributed by atoms with van der Waals surface area (Å²) in [5, 5.41) is 11.0. The molecule has 156 valence electrons. The van der Waals surface area contributed by atoms with Gasteiger partial charge < -0.3 is 4.90 Å². The summed E-state index contributed by atoms with van der Waals surface area (Å²) in [6.07, 6.45) is 0. The molecule has 1 fully saturated rings. The third kappa shape index (κ3) is 3.92. The van der Waals surface area contributed by atoms with Crippen molar-refractivity contribution in [2.45, 2.75) is 13.1 Å². The van der Waals surface area contributed by atoms with Crippen LogP contribution in [0.5, 0.6) is 0 Å². The van der Waals surface area contributed by atoms with Crippen molar-refractivity contribution in [3.05, 3.63) is 82.6 Å². The first-order chi connectivity index (χ1) is 15.2. The molecule has 0 N–H and O–H groups in total. The smallest absolute Gasteiger partial charge is 0.278 e. The molecule has 1 aromatic heterocycles. The number of carbonyl (C=O) groups excluding carboxylic acids is 1. The van der Waals surface area contributed by atoms with E-state index in [2.05, 4.69) is 57.7 Å². The SMILES string of the molecule is O=C(Cn1nnc2ccccc2c1=O)N1CCN(Cc2cccc3ccccc23)CC1. The van der Waals surface area contributed by atoms with E-state index in [9.17, 15) is 9.59 Å². The van der Waals surface area contributed by atoms with Crippen molar-refractivity contribution in [2.24, 2.45) is 0 Å². The van der Waals surface area contributed by atoms with E-state index in [0.29, 0.717) is 24.0 Å². The van der Waals surface area contributed by atoms with E-state index in [1.165, 1.54) is 16.3 Å². The third-order valence-corrected chi connectivity index (χ3v) is 5.91.